The van der Waals surface area contributed by atoms with Crippen molar-refractivity contribution in [1.29, 1.82) is 0 Å². The molecule has 1 atom stereocenters. The van der Waals surface area contributed by atoms with Gasteiger partial charge in [-0.1, -0.05) is 20.3 Å². The number of aliphatic carboxylic acids is 1. The molecule has 1 unspecified atom stereocenters. The summed E-state index contributed by atoms with van der Waals surface area (Å²) in [6, 6.07) is -0.512. The molecule has 0 fully saturated rings. The molecule has 0 rings (SSSR count). The highest BCUT2D eigenvalue weighted by molar-refractivity contribution is 5.73. The van der Waals surface area contributed by atoms with Gasteiger partial charge in [-0.25, -0.2) is 0 Å². The van der Waals surface area contributed by atoms with E-state index in [2.05, 4.69) is 6.92 Å². The van der Waals surface area contributed by atoms with Gasteiger partial charge < -0.3 is 9.84 Å². The minimum atomic E-state index is -0.803. The summed E-state index contributed by atoms with van der Waals surface area (Å²) >= 11 is 0. The van der Waals surface area contributed by atoms with Crippen molar-refractivity contribution in [3.8, 4) is 0 Å². The van der Waals surface area contributed by atoms with Gasteiger partial charge in [0.25, 0.3) is 0 Å². The maximum absolute atomic E-state index is 11.0. The lowest BCUT2D eigenvalue weighted by Gasteiger charge is -2.23. The van der Waals surface area contributed by atoms with Crippen molar-refractivity contribution in [3.05, 3.63) is 0 Å². The summed E-state index contributed by atoms with van der Waals surface area (Å²) in [5, 5.41) is 9.01. The molecule has 0 aliphatic rings. The van der Waals surface area contributed by atoms with Crippen molar-refractivity contribution in [2.45, 2.75) is 39.2 Å². The monoisotopic (exact) mass is 217 g/mol. The highest BCUT2D eigenvalue weighted by Crippen LogP contribution is 2.00. The second-order valence-electron chi connectivity index (χ2n) is 3.76. The van der Waals surface area contributed by atoms with Gasteiger partial charge in [0.1, 0.15) is 6.04 Å². The third-order valence-electron chi connectivity index (χ3n) is 2.31. The van der Waals surface area contributed by atoms with E-state index in [1.807, 2.05) is 18.9 Å². The molecular formula is C11H23NO3. The fourth-order valence-corrected chi connectivity index (χ4v) is 1.34. The van der Waals surface area contributed by atoms with Crippen LogP contribution in [0, 0.1) is 0 Å². The van der Waals surface area contributed by atoms with E-state index in [9.17, 15) is 4.79 Å². The van der Waals surface area contributed by atoms with Crippen LogP contribution in [0.3, 0.4) is 0 Å². The van der Waals surface area contributed by atoms with E-state index in [4.69, 9.17) is 9.84 Å². The first-order valence-corrected chi connectivity index (χ1v) is 5.64. The quantitative estimate of drug-likeness (QED) is 0.596. The summed E-state index contributed by atoms with van der Waals surface area (Å²) < 4.78 is 5.34. The van der Waals surface area contributed by atoms with Crippen molar-refractivity contribution in [3.63, 3.8) is 0 Å². The Hall–Kier alpha value is -0.610. The van der Waals surface area contributed by atoms with E-state index in [1.165, 1.54) is 0 Å². The summed E-state index contributed by atoms with van der Waals surface area (Å²) in [7, 11) is 1.82. The molecule has 0 radical (unpaired) electrons. The Balaban J connectivity index is 3.88. The fourth-order valence-electron chi connectivity index (χ4n) is 1.34. The van der Waals surface area contributed by atoms with Gasteiger partial charge in [-0.05, 0) is 26.4 Å². The van der Waals surface area contributed by atoms with Crippen molar-refractivity contribution in [2.24, 2.45) is 0 Å². The number of nitrogens with zero attached hydrogens (tertiary/aromatic N) is 1. The molecule has 0 heterocycles. The molecular weight excluding hydrogens is 194 g/mol. The van der Waals surface area contributed by atoms with Crippen LogP contribution < -0.4 is 0 Å². The number of rotatable bonds is 9. The third kappa shape index (κ3) is 6.47. The van der Waals surface area contributed by atoms with Crippen LogP contribution in [0.25, 0.3) is 0 Å². The zero-order valence-electron chi connectivity index (χ0n) is 10.0. The van der Waals surface area contributed by atoms with Crippen LogP contribution in [-0.2, 0) is 9.53 Å². The Morgan fingerprint density at radius 3 is 2.53 bits per heavy atom. The smallest absolute Gasteiger partial charge is 0.323 e. The Bertz CT molecular complexity index is 173. The average Bonchev–Trinajstić information content (AvgIpc) is 2.17. The molecule has 0 saturated heterocycles. The van der Waals surface area contributed by atoms with Gasteiger partial charge in [0.05, 0.1) is 6.61 Å². The van der Waals surface area contributed by atoms with Gasteiger partial charge in [0, 0.05) is 6.61 Å². The molecule has 0 amide bonds. The summed E-state index contributed by atoms with van der Waals surface area (Å²) in [6.45, 7) is 5.84. The van der Waals surface area contributed by atoms with Crippen molar-refractivity contribution in [2.75, 3.05) is 26.8 Å². The number of carboxylic acids is 1. The van der Waals surface area contributed by atoms with Crippen molar-refractivity contribution >= 4 is 5.97 Å². The van der Waals surface area contributed by atoms with Crippen LogP contribution >= 0.6 is 0 Å². The maximum Gasteiger partial charge on any atom is 0.323 e. The zero-order valence-corrected chi connectivity index (χ0v) is 10.0. The lowest BCUT2D eigenvalue weighted by Crippen LogP contribution is -2.42. The predicted octanol–water partition coefficient (Wildman–Crippen LogP) is 1.60. The summed E-state index contributed by atoms with van der Waals surface area (Å²) in [6.07, 6.45) is 3.02. The number of ether oxygens (including phenoxy) is 1. The molecule has 0 aromatic carbocycles. The molecule has 0 saturated carbocycles. The van der Waals surface area contributed by atoms with Gasteiger partial charge in [0.15, 0.2) is 0 Å². The Morgan fingerprint density at radius 1 is 1.40 bits per heavy atom. The molecule has 1 N–H and O–H groups in total. The van der Waals surface area contributed by atoms with E-state index < -0.39 is 12.0 Å². The van der Waals surface area contributed by atoms with Crippen LogP contribution in [0.2, 0.25) is 0 Å². The zero-order chi connectivity index (χ0) is 11.7. The van der Waals surface area contributed by atoms with Crippen LogP contribution in [0.4, 0.5) is 0 Å². The Labute approximate surface area is 92.2 Å². The lowest BCUT2D eigenvalue weighted by molar-refractivity contribution is -0.145. The van der Waals surface area contributed by atoms with Crippen LogP contribution in [-0.4, -0.2) is 48.8 Å². The van der Waals surface area contributed by atoms with E-state index >= 15 is 0 Å². The SMILES string of the molecule is CCCCOCC(C(=O)O)N(C)CCC. The number of likely N-dealkylation sites (N-methyl/N-ethyl adjacent to an activating group) is 1. The molecule has 15 heavy (non-hydrogen) atoms. The topological polar surface area (TPSA) is 49.8 Å². The molecule has 0 bridgehead atoms. The van der Waals surface area contributed by atoms with E-state index in [-0.39, 0.29) is 6.61 Å². The van der Waals surface area contributed by atoms with Crippen LogP contribution in [0.5, 0.6) is 0 Å². The number of carbonyl (C=O) groups is 1. The first-order chi connectivity index (χ1) is 7.13. The fraction of sp³-hybridized carbons (Fsp3) is 0.909. The van der Waals surface area contributed by atoms with Crippen molar-refractivity contribution < 1.29 is 14.6 Å². The van der Waals surface area contributed by atoms with Crippen molar-refractivity contribution in [1.82, 2.24) is 4.90 Å². The standard InChI is InChI=1S/C11H23NO3/c1-4-6-8-15-9-10(11(13)14)12(3)7-5-2/h10H,4-9H2,1-3H3,(H,13,14). The number of unbranched alkanes of at least 4 members (excludes halogenated alkanes) is 1. The van der Waals surface area contributed by atoms with Crippen LogP contribution in [0.15, 0.2) is 0 Å². The molecule has 0 aromatic heterocycles. The first-order valence-electron chi connectivity index (χ1n) is 5.64. The average molecular weight is 217 g/mol. The molecule has 0 aromatic rings. The normalized spacial score (nSPS) is 13.1. The highest BCUT2D eigenvalue weighted by Gasteiger charge is 2.21. The van der Waals surface area contributed by atoms with Gasteiger partial charge in [0.2, 0.25) is 0 Å². The predicted molar refractivity (Wildman–Crippen MR) is 60.1 cm³/mol. The number of carboxylic acid groups (broad SMARTS) is 1. The highest BCUT2D eigenvalue weighted by atomic mass is 16.5. The summed E-state index contributed by atoms with van der Waals surface area (Å²) in [4.78, 5) is 12.8. The van der Waals surface area contributed by atoms with Gasteiger partial charge in [-0.2, -0.15) is 0 Å². The minimum absolute atomic E-state index is 0.284. The van der Waals surface area contributed by atoms with Crippen LogP contribution in [0.1, 0.15) is 33.1 Å². The molecule has 4 nitrogen and oxygen atoms in total. The lowest BCUT2D eigenvalue weighted by atomic mass is 10.2. The van der Waals surface area contributed by atoms with E-state index in [0.29, 0.717) is 6.61 Å². The molecule has 90 valence electrons. The third-order valence-corrected chi connectivity index (χ3v) is 2.31. The van der Waals surface area contributed by atoms with E-state index in [1.54, 1.807) is 0 Å². The second kappa shape index (κ2) is 8.68. The molecule has 0 aliphatic carbocycles. The first kappa shape index (κ1) is 14.4. The molecule has 0 spiro atoms. The maximum atomic E-state index is 11.0. The molecule has 4 heteroatoms. The second-order valence-corrected chi connectivity index (χ2v) is 3.76. The summed E-state index contributed by atoms with van der Waals surface area (Å²) in [5.41, 5.74) is 0. The summed E-state index contributed by atoms with van der Waals surface area (Å²) in [5.74, 6) is -0.803. The Morgan fingerprint density at radius 2 is 2.07 bits per heavy atom. The minimum Gasteiger partial charge on any atom is -0.480 e. The molecule has 0 aliphatic heterocycles. The number of hydrogen-bond donors (Lipinski definition) is 1. The number of hydrogen-bond acceptors (Lipinski definition) is 3. The Kier molecular flexibility index (Phi) is 8.33. The van der Waals surface area contributed by atoms with E-state index in [0.717, 1.165) is 25.8 Å². The van der Waals surface area contributed by atoms with Gasteiger partial charge in [-0.15, -0.1) is 0 Å². The van der Waals surface area contributed by atoms with Gasteiger partial charge in [-0.3, -0.25) is 9.69 Å². The van der Waals surface area contributed by atoms with Gasteiger partial charge >= 0.3 is 5.97 Å². The largest absolute Gasteiger partial charge is 0.480 e.